The molecule has 0 saturated heterocycles. The first-order valence-electron chi connectivity index (χ1n) is 9.33. The van der Waals surface area contributed by atoms with Crippen molar-refractivity contribution in [1.29, 1.82) is 0 Å². The fourth-order valence-electron chi connectivity index (χ4n) is 1.72. The molecule has 0 heterocycles. The number of aryl methyl sites for hydroxylation is 3. The average Bonchev–Trinajstić information content (AvgIpc) is 2.65. The van der Waals surface area contributed by atoms with Gasteiger partial charge in [-0.3, -0.25) is 0 Å². The Balaban J connectivity index is 0. The Morgan fingerprint density at radius 3 is 0.957 bits per heavy atom. The summed E-state index contributed by atoms with van der Waals surface area (Å²) in [5.41, 5.74) is 4.27. The van der Waals surface area contributed by atoms with Crippen molar-refractivity contribution < 1.29 is 0 Å². The van der Waals surface area contributed by atoms with Crippen molar-refractivity contribution in [2.45, 2.75) is 74.1 Å². The van der Waals surface area contributed by atoms with E-state index < -0.39 is 0 Å². The summed E-state index contributed by atoms with van der Waals surface area (Å²) in [6.07, 6.45) is 4.68. The normalized spacial score (nSPS) is 8.48. The van der Waals surface area contributed by atoms with Crippen molar-refractivity contribution in [2.24, 2.45) is 0 Å². The van der Waals surface area contributed by atoms with Crippen LogP contribution < -0.4 is 0 Å². The van der Waals surface area contributed by atoms with Gasteiger partial charge in [0.15, 0.2) is 0 Å². The van der Waals surface area contributed by atoms with E-state index >= 15 is 0 Å². The SMILES string of the molecule is CC.CCC.CCc1ccc(CC)cc1.CCc1ccccc1. The summed E-state index contributed by atoms with van der Waals surface area (Å²) in [5, 5.41) is 0. The van der Waals surface area contributed by atoms with Crippen molar-refractivity contribution in [3.8, 4) is 0 Å². The molecule has 130 valence electrons. The van der Waals surface area contributed by atoms with Crippen LogP contribution in [0.15, 0.2) is 54.6 Å². The minimum atomic E-state index is 1.14. The van der Waals surface area contributed by atoms with Crippen molar-refractivity contribution in [3.05, 3.63) is 71.3 Å². The quantitative estimate of drug-likeness (QED) is 0.550. The van der Waals surface area contributed by atoms with Gasteiger partial charge >= 0.3 is 0 Å². The Labute approximate surface area is 146 Å². The molecular formula is C23H38. The minimum Gasteiger partial charge on any atom is -0.0683 e. The lowest BCUT2D eigenvalue weighted by Gasteiger charge is -1.97. The van der Waals surface area contributed by atoms with E-state index in [0.29, 0.717) is 0 Å². The van der Waals surface area contributed by atoms with Crippen LogP contribution in [0, 0.1) is 0 Å². The van der Waals surface area contributed by atoms with Gasteiger partial charge in [0.1, 0.15) is 0 Å². The molecule has 0 nitrogen and oxygen atoms in total. The lowest BCUT2D eigenvalue weighted by Crippen LogP contribution is -1.81. The van der Waals surface area contributed by atoms with Gasteiger partial charge in [0, 0.05) is 0 Å². The van der Waals surface area contributed by atoms with Crippen LogP contribution in [0.3, 0.4) is 0 Å². The molecule has 23 heavy (non-hydrogen) atoms. The smallest absolute Gasteiger partial charge is 0.0307 e. The Morgan fingerprint density at radius 1 is 0.478 bits per heavy atom. The Bertz CT molecular complexity index is 402. The number of rotatable bonds is 3. The van der Waals surface area contributed by atoms with Crippen molar-refractivity contribution >= 4 is 0 Å². The molecule has 0 aromatic heterocycles. The maximum absolute atomic E-state index is 2.21. The van der Waals surface area contributed by atoms with E-state index in [2.05, 4.69) is 83.1 Å². The van der Waals surface area contributed by atoms with Gasteiger partial charge in [0.2, 0.25) is 0 Å². The second-order valence-electron chi connectivity index (χ2n) is 5.07. The van der Waals surface area contributed by atoms with Gasteiger partial charge in [-0.25, -0.2) is 0 Å². The Kier molecular flexibility index (Phi) is 19.1. The van der Waals surface area contributed by atoms with Gasteiger partial charge < -0.3 is 0 Å². The minimum absolute atomic E-state index is 1.14. The van der Waals surface area contributed by atoms with Crippen LogP contribution in [0.5, 0.6) is 0 Å². The maximum Gasteiger partial charge on any atom is -0.0307 e. The van der Waals surface area contributed by atoms with Crippen LogP contribution in [-0.2, 0) is 19.3 Å². The largest absolute Gasteiger partial charge is 0.0683 e. The summed E-state index contributed by atoms with van der Waals surface area (Å²) >= 11 is 0. The standard InChI is InChI=1S/C10H14.C8H10.C3H8.C2H6/c1-3-9-5-7-10(4-2)8-6-9;1-2-8-6-4-3-5-7-8;1-3-2;1-2/h5-8H,3-4H2,1-2H3;3-7H,2H2,1H3;3H2,1-2H3;1-2H3. The molecule has 0 fully saturated rings. The third-order valence-electron chi connectivity index (χ3n) is 3.09. The van der Waals surface area contributed by atoms with Gasteiger partial charge in [-0.05, 0) is 36.0 Å². The summed E-state index contributed by atoms with van der Waals surface area (Å²) in [6.45, 7) is 14.8. The van der Waals surface area contributed by atoms with E-state index in [9.17, 15) is 0 Å². The Hall–Kier alpha value is -1.56. The summed E-state index contributed by atoms with van der Waals surface area (Å²) in [5.74, 6) is 0. The maximum atomic E-state index is 2.21. The highest BCUT2D eigenvalue weighted by Gasteiger charge is 1.88. The number of hydrogen-bond acceptors (Lipinski definition) is 0. The van der Waals surface area contributed by atoms with Crippen LogP contribution in [-0.4, -0.2) is 0 Å². The first kappa shape index (κ1) is 23.7. The molecule has 2 aromatic rings. The molecule has 0 heteroatoms. The highest BCUT2D eigenvalue weighted by Crippen LogP contribution is 2.04. The molecule has 0 aliphatic rings. The van der Waals surface area contributed by atoms with Crippen LogP contribution in [0.25, 0.3) is 0 Å². The van der Waals surface area contributed by atoms with Crippen LogP contribution in [0.1, 0.15) is 71.6 Å². The zero-order chi connectivity index (χ0) is 17.9. The predicted molar refractivity (Wildman–Crippen MR) is 108 cm³/mol. The fourth-order valence-corrected chi connectivity index (χ4v) is 1.72. The molecule has 0 unspecified atom stereocenters. The first-order valence-corrected chi connectivity index (χ1v) is 9.33. The molecule has 0 bridgehead atoms. The monoisotopic (exact) mass is 314 g/mol. The van der Waals surface area contributed by atoms with E-state index in [4.69, 9.17) is 0 Å². The van der Waals surface area contributed by atoms with E-state index in [0.717, 1.165) is 19.3 Å². The molecule has 0 atom stereocenters. The summed E-state index contributed by atoms with van der Waals surface area (Å²) < 4.78 is 0. The Morgan fingerprint density at radius 2 is 0.739 bits per heavy atom. The van der Waals surface area contributed by atoms with Crippen LogP contribution in [0.4, 0.5) is 0 Å². The third-order valence-corrected chi connectivity index (χ3v) is 3.09. The van der Waals surface area contributed by atoms with Gasteiger partial charge in [-0.15, -0.1) is 0 Å². The molecule has 2 aromatic carbocycles. The zero-order valence-electron chi connectivity index (χ0n) is 16.5. The summed E-state index contributed by atoms with van der Waals surface area (Å²) in [7, 11) is 0. The zero-order valence-corrected chi connectivity index (χ0v) is 16.5. The highest BCUT2D eigenvalue weighted by molar-refractivity contribution is 5.22. The summed E-state index contributed by atoms with van der Waals surface area (Å²) in [4.78, 5) is 0. The van der Waals surface area contributed by atoms with E-state index in [1.807, 2.05) is 19.9 Å². The van der Waals surface area contributed by atoms with Crippen LogP contribution in [0.2, 0.25) is 0 Å². The van der Waals surface area contributed by atoms with Gasteiger partial charge in [0.25, 0.3) is 0 Å². The first-order chi connectivity index (χ1) is 11.2. The molecule has 0 spiro atoms. The number of hydrogen-bond donors (Lipinski definition) is 0. The second-order valence-corrected chi connectivity index (χ2v) is 5.07. The predicted octanol–water partition coefficient (Wildman–Crippen LogP) is 7.50. The molecule has 0 saturated carbocycles. The molecule has 0 N–H and O–H groups in total. The molecule has 0 radical (unpaired) electrons. The second kappa shape index (κ2) is 18.5. The summed E-state index contributed by atoms with van der Waals surface area (Å²) in [6, 6.07) is 19.3. The molecule has 0 aliphatic carbocycles. The molecular weight excluding hydrogens is 276 g/mol. The lowest BCUT2D eigenvalue weighted by atomic mass is 10.1. The molecule has 0 aliphatic heterocycles. The number of benzene rings is 2. The van der Waals surface area contributed by atoms with Gasteiger partial charge in [-0.2, -0.15) is 0 Å². The van der Waals surface area contributed by atoms with Gasteiger partial charge in [0.05, 0.1) is 0 Å². The fraction of sp³-hybridized carbons (Fsp3) is 0.478. The van der Waals surface area contributed by atoms with Crippen molar-refractivity contribution in [2.75, 3.05) is 0 Å². The van der Waals surface area contributed by atoms with Crippen LogP contribution >= 0.6 is 0 Å². The highest BCUT2D eigenvalue weighted by atomic mass is 13.9. The molecule has 2 rings (SSSR count). The van der Waals surface area contributed by atoms with Crippen molar-refractivity contribution in [3.63, 3.8) is 0 Å². The van der Waals surface area contributed by atoms with E-state index in [1.165, 1.54) is 23.1 Å². The van der Waals surface area contributed by atoms with E-state index in [1.54, 1.807) is 0 Å². The average molecular weight is 315 g/mol. The van der Waals surface area contributed by atoms with E-state index in [-0.39, 0.29) is 0 Å². The topological polar surface area (TPSA) is 0 Å². The molecule has 0 amide bonds. The van der Waals surface area contributed by atoms with Crippen molar-refractivity contribution in [1.82, 2.24) is 0 Å². The lowest BCUT2D eigenvalue weighted by molar-refractivity contribution is 1.09. The third kappa shape index (κ3) is 13.8. The van der Waals surface area contributed by atoms with Gasteiger partial charge in [-0.1, -0.05) is 109 Å².